The molecule has 26 heavy (non-hydrogen) atoms. The fourth-order valence-electron chi connectivity index (χ4n) is 2.73. The summed E-state index contributed by atoms with van der Waals surface area (Å²) < 4.78 is 10.8. The standard InChI is InChI=1S/C18H29N3O3S.HI/c1-5-19-17(20-11-18(22)8-9-25-12-18)21-13(2)15-10-14(23-3)6-7-16(15)24-4;/h6-7,10,13,22H,5,8-9,11-12H2,1-4H3,(H2,19,20,21);1H. The van der Waals surface area contributed by atoms with Gasteiger partial charge in [-0.25, -0.2) is 0 Å². The van der Waals surface area contributed by atoms with Crippen molar-refractivity contribution in [2.75, 3.05) is 38.8 Å². The van der Waals surface area contributed by atoms with E-state index in [1.807, 2.05) is 32.0 Å². The van der Waals surface area contributed by atoms with Crippen molar-refractivity contribution in [1.29, 1.82) is 0 Å². The van der Waals surface area contributed by atoms with Crippen LogP contribution < -0.4 is 20.1 Å². The first-order chi connectivity index (χ1) is 12.0. The molecule has 1 aliphatic heterocycles. The van der Waals surface area contributed by atoms with Gasteiger partial charge in [-0.2, -0.15) is 11.8 Å². The lowest BCUT2D eigenvalue weighted by Crippen LogP contribution is -2.41. The Bertz CT molecular complexity index is 595. The summed E-state index contributed by atoms with van der Waals surface area (Å²) in [5, 5.41) is 17.1. The number of methoxy groups -OCH3 is 2. The van der Waals surface area contributed by atoms with Crippen molar-refractivity contribution >= 4 is 41.7 Å². The van der Waals surface area contributed by atoms with Crippen LogP contribution in [0.5, 0.6) is 11.5 Å². The minimum absolute atomic E-state index is 0. The zero-order valence-corrected chi connectivity index (χ0v) is 19.0. The van der Waals surface area contributed by atoms with Crippen LogP contribution in [-0.4, -0.2) is 55.5 Å². The average molecular weight is 495 g/mol. The maximum Gasteiger partial charge on any atom is 0.191 e. The van der Waals surface area contributed by atoms with Crippen molar-refractivity contribution in [3.05, 3.63) is 23.8 Å². The van der Waals surface area contributed by atoms with Crippen LogP contribution in [0.1, 0.15) is 31.9 Å². The second kappa shape index (κ2) is 11.1. The molecular formula is C18H30IN3O3S. The van der Waals surface area contributed by atoms with E-state index in [4.69, 9.17) is 9.47 Å². The number of nitrogens with one attached hydrogen (secondary N) is 2. The van der Waals surface area contributed by atoms with Gasteiger partial charge in [-0.05, 0) is 44.2 Å². The van der Waals surface area contributed by atoms with Gasteiger partial charge in [0.1, 0.15) is 11.5 Å². The lowest BCUT2D eigenvalue weighted by atomic mass is 10.0. The molecule has 0 aromatic heterocycles. The van der Waals surface area contributed by atoms with Crippen molar-refractivity contribution < 1.29 is 14.6 Å². The SMILES string of the molecule is CCNC(=NCC1(O)CCSC1)NC(C)c1cc(OC)ccc1OC.I. The molecule has 0 saturated carbocycles. The highest BCUT2D eigenvalue weighted by atomic mass is 127. The smallest absolute Gasteiger partial charge is 0.191 e. The van der Waals surface area contributed by atoms with Crippen LogP contribution in [0.4, 0.5) is 0 Å². The quantitative estimate of drug-likeness (QED) is 0.307. The molecule has 2 unspecified atom stereocenters. The molecule has 0 spiro atoms. The van der Waals surface area contributed by atoms with Crippen LogP contribution in [0.15, 0.2) is 23.2 Å². The monoisotopic (exact) mass is 495 g/mol. The Balaban J connectivity index is 0.00000338. The van der Waals surface area contributed by atoms with Gasteiger partial charge in [-0.15, -0.1) is 24.0 Å². The Morgan fingerprint density at radius 2 is 2.15 bits per heavy atom. The van der Waals surface area contributed by atoms with Gasteiger partial charge in [0.05, 0.1) is 32.4 Å². The highest BCUT2D eigenvalue weighted by molar-refractivity contribution is 14.0. The third kappa shape index (κ3) is 6.38. The molecule has 1 aliphatic rings. The number of hydrogen-bond acceptors (Lipinski definition) is 5. The van der Waals surface area contributed by atoms with Crippen molar-refractivity contribution in [3.8, 4) is 11.5 Å². The fourth-order valence-corrected chi connectivity index (χ4v) is 4.01. The summed E-state index contributed by atoms with van der Waals surface area (Å²) in [6, 6.07) is 5.70. The minimum atomic E-state index is -0.691. The van der Waals surface area contributed by atoms with E-state index in [9.17, 15) is 5.11 Å². The predicted molar refractivity (Wildman–Crippen MR) is 119 cm³/mol. The number of halogens is 1. The average Bonchev–Trinajstić information content (AvgIpc) is 3.06. The summed E-state index contributed by atoms with van der Waals surface area (Å²) in [6.07, 6.45) is 0.792. The lowest BCUT2D eigenvalue weighted by Gasteiger charge is -2.23. The predicted octanol–water partition coefficient (Wildman–Crippen LogP) is 2.81. The number of aliphatic hydroxyl groups is 1. The van der Waals surface area contributed by atoms with E-state index in [-0.39, 0.29) is 30.0 Å². The molecule has 2 atom stereocenters. The number of guanidine groups is 1. The van der Waals surface area contributed by atoms with Crippen molar-refractivity contribution in [2.24, 2.45) is 4.99 Å². The molecular weight excluding hydrogens is 465 g/mol. The summed E-state index contributed by atoms with van der Waals surface area (Å²) in [4.78, 5) is 4.59. The van der Waals surface area contributed by atoms with Gasteiger partial charge in [0.2, 0.25) is 0 Å². The summed E-state index contributed by atoms with van der Waals surface area (Å²) in [7, 11) is 3.31. The Hall–Kier alpha value is -0.870. The molecule has 1 aromatic rings. The van der Waals surface area contributed by atoms with Gasteiger partial charge in [-0.1, -0.05) is 0 Å². The first-order valence-electron chi connectivity index (χ1n) is 8.58. The number of aliphatic imine (C=N–C) groups is 1. The van der Waals surface area contributed by atoms with E-state index in [2.05, 4.69) is 15.6 Å². The van der Waals surface area contributed by atoms with Gasteiger partial charge in [0.25, 0.3) is 0 Å². The molecule has 1 saturated heterocycles. The van der Waals surface area contributed by atoms with Gasteiger partial charge >= 0.3 is 0 Å². The van der Waals surface area contributed by atoms with Crippen molar-refractivity contribution in [1.82, 2.24) is 10.6 Å². The molecule has 1 heterocycles. The summed E-state index contributed by atoms with van der Waals surface area (Å²) in [5.74, 6) is 4.00. The maximum absolute atomic E-state index is 10.5. The molecule has 0 aliphatic carbocycles. The second-order valence-electron chi connectivity index (χ2n) is 6.20. The number of rotatable bonds is 7. The zero-order chi connectivity index (χ0) is 18.3. The fraction of sp³-hybridized carbons (Fsp3) is 0.611. The van der Waals surface area contributed by atoms with E-state index in [0.717, 1.165) is 41.5 Å². The Labute approximate surface area is 177 Å². The highest BCUT2D eigenvalue weighted by Crippen LogP contribution is 2.30. The summed E-state index contributed by atoms with van der Waals surface area (Å²) in [6.45, 7) is 5.22. The Kier molecular flexibility index (Phi) is 9.88. The number of thioether (sulfide) groups is 1. The van der Waals surface area contributed by atoms with E-state index >= 15 is 0 Å². The third-order valence-electron chi connectivity index (χ3n) is 4.21. The van der Waals surface area contributed by atoms with Gasteiger partial charge < -0.3 is 25.2 Å². The van der Waals surface area contributed by atoms with Gasteiger partial charge in [-0.3, -0.25) is 4.99 Å². The van der Waals surface area contributed by atoms with E-state index < -0.39 is 5.60 Å². The molecule has 6 nitrogen and oxygen atoms in total. The van der Waals surface area contributed by atoms with Crippen LogP contribution in [0.2, 0.25) is 0 Å². The molecule has 1 aromatic carbocycles. The number of hydrogen-bond donors (Lipinski definition) is 3. The normalized spacial score (nSPS) is 20.9. The first kappa shape index (κ1) is 23.2. The molecule has 8 heteroatoms. The van der Waals surface area contributed by atoms with Gasteiger partial charge in [0.15, 0.2) is 5.96 Å². The van der Waals surface area contributed by atoms with Gasteiger partial charge in [0, 0.05) is 17.9 Å². The molecule has 2 rings (SSSR count). The van der Waals surface area contributed by atoms with Crippen LogP contribution in [0.25, 0.3) is 0 Å². The minimum Gasteiger partial charge on any atom is -0.497 e. The molecule has 0 bridgehead atoms. The second-order valence-corrected chi connectivity index (χ2v) is 7.30. The summed E-state index contributed by atoms with van der Waals surface area (Å²) >= 11 is 1.78. The molecule has 3 N–H and O–H groups in total. The van der Waals surface area contributed by atoms with Crippen LogP contribution in [-0.2, 0) is 0 Å². The lowest BCUT2D eigenvalue weighted by molar-refractivity contribution is 0.0778. The molecule has 0 radical (unpaired) electrons. The molecule has 148 valence electrons. The first-order valence-corrected chi connectivity index (χ1v) is 9.73. The van der Waals surface area contributed by atoms with Crippen LogP contribution in [0, 0.1) is 0 Å². The largest absolute Gasteiger partial charge is 0.497 e. The van der Waals surface area contributed by atoms with Crippen molar-refractivity contribution in [2.45, 2.75) is 31.9 Å². The maximum atomic E-state index is 10.5. The third-order valence-corrected chi connectivity index (χ3v) is 5.45. The Morgan fingerprint density at radius 3 is 2.73 bits per heavy atom. The Morgan fingerprint density at radius 1 is 1.38 bits per heavy atom. The topological polar surface area (TPSA) is 75.1 Å². The highest BCUT2D eigenvalue weighted by Gasteiger charge is 2.31. The summed E-state index contributed by atoms with van der Waals surface area (Å²) in [5.41, 5.74) is 0.298. The van der Waals surface area contributed by atoms with Crippen LogP contribution >= 0.6 is 35.7 Å². The van der Waals surface area contributed by atoms with E-state index in [0.29, 0.717) is 12.5 Å². The number of benzene rings is 1. The number of ether oxygens (including phenoxy) is 2. The van der Waals surface area contributed by atoms with Crippen molar-refractivity contribution in [3.63, 3.8) is 0 Å². The number of nitrogens with zero attached hydrogens (tertiary/aromatic N) is 1. The zero-order valence-electron chi connectivity index (χ0n) is 15.9. The molecule has 1 fully saturated rings. The molecule has 0 amide bonds. The van der Waals surface area contributed by atoms with E-state index in [1.54, 1.807) is 26.0 Å². The van der Waals surface area contributed by atoms with Crippen LogP contribution in [0.3, 0.4) is 0 Å². The van der Waals surface area contributed by atoms with E-state index in [1.165, 1.54) is 0 Å².